The first kappa shape index (κ1) is 15.9. The molecule has 0 aromatic heterocycles. The number of likely N-dealkylation sites (tertiary alicyclic amines) is 1. The third-order valence-electron chi connectivity index (χ3n) is 4.63. The molecule has 3 rings (SSSR count). The zero-order valence-electron chi connectivity index (χ0n) is 13.6. The Balaban J connectivity index is 1.59. The molecule has 2 amide bonds. The van der Waals surface area contributed by atoms with Gasteiger partial charge in [0.25, 0.3) is 0 Å². The van der Waals surface area contributed by atoms with Crippen LogP contribution in [0.5, 0.6) is 0 Å². The zero-order chi connectivity index (χ0) is 16.6. The lowest BCUT2D eigenvalue weighted by molar-refractivity contribution is -0.143. The molecule has 1 aromatic carbocycles. The highest BCUT2D eigenvalue weighted by molar-refractivity contribution is 6.05. The van der Waals surface area contributed by atoms with E-state index in [9.17, 15) is 14.0 Å². The highest BCUT2D eigenvalue weighted by Gasteiger charge is 2.45. The van der Waals surface area contributed by atoms with Gasteiger partial charge in [-0.1, -0.05) is 26.0 Å². The molecule has 0 spiro atoms. The van der Waals surface area contributed by atoms with Crippen LogP contribution in [0, 0.1) is 11.2 Å². The van der Waals surface area contributed by atoms with Crippen LogP contribution in [0.2, 0.25) is 0 Å². The van der Waals surface area contributed by atoms with Gasteiger partial charge in [0.2, 0.25) is 11.8 Å². The fraction of sp³-hybridized carbons (Fsp3) is 0.529. The Labute approximate surface area is 135 Å². The SMILES string of the molecule is CC1(C)CC(=O)N(CN2CCN(c3ccccc3F)CC2)C1=O. The van der Waals surface area contributed by atoms with E-state index >= 15 is 0 Å². The molecular formula is C17H22FN3O2. The monoisotopic (exact) mass is 319 g/mol. The minimum absolute atomic E-state index is 0.0981. The van der Waals surface area contributed by atoms with Crippen molar-refractivity contribution in [1.29, 1.82) is 0 Å². The average Bonchev–Trinajstić information content (AvgIpc) is 2.71. The molecule has 0 atom stereocenters. The minimum atomic E-state index is -0.591. The first-order valence-corrected chi connectivity index (χ1v) is 7.95. The van der Waals surface area contributed by atoms with Crippen LogP contribution < -0.4 is 4.90 Å². The van der Waals surface area contributed by atoms with Gasteiger partial charge in [0, 0.05) is 32.6 Å². The van der Waals surface area contributed by atoms with Gasteiger partial charge in [0.15, 0.2) is 0 Å². The van der Waals surface area contributed by atoms with Gasteiger partial charge in [-0.3, -0.25) is 19.4 Å². The van der Waals surface area contributed by atoms with E-state index in [2.05, 4.69) is 4.90 Å². The van der Waals surface area contributed by atoms with Gasteiger partial charge in [-0.05, 0) is 12.1 Å². The van der Waals surface area contributed by atoms with Crippen molar-refractivity contribution in [2.24, 2.45) is 5.41 Å². The summed E-state index contributed by atoms with van der Waals surface area (Å²) in [6.07, 6.45) is 0.279. The van der Waals surface area contributed by atoms with Crippen molar-refractivity contribution >= 4 is 17.5 Å². The second-order valence-corrected chi connectivity index (χ2v) is 6.89. The summed E-state index contributed by atoms with van der Waals surface area (Å²) >= 11 is 0. The maximum absolute atomic E-state index is 13.8. The molecule has 2 aliphatic heterocycles. The quantitative estimate of drug-likeness (QED) is 0.795. The van der Waals surface area contributed by atoms with Gasteiger partial charge in [-0.15, -0.1) is 0 Å². The lowest BCUT2D eigenvalue weighted by Gasteiger charge is -2.37. The predicted octanol–water partition coefficient (Wildman–Crippen LogP) is 1.69. The number of anilines is 1. The number of rotatable bonds is 3. The molecule has 0 unspecified atom stereocenters. The highest BCUT2D eigenvalue weighted by atomic mass is 19.1. The number of hydrogen-bond donors (Lipinski definition) is 0. The molecule has 2 aliphatic rings. The number of para-hydroxylation sites is 1. The van der Waals surface area contributed by atoms with E-state index in [1.54, 1.807) is 12.1 Å². The summed E-state index contributed by atoms with van der Waals surface area (Å²) in [5.41, 5.74) is 0.0214. The smallest absolute Gasteiger partial charge is 0.236 e. The second-order valence-electron chi connectivity index (χ2n) is 6.89. The van der Waals surface area contributed by atoms with Crippen LogP contribution in [0.1, 0.15) is 20.3 Å². The van der Waals surface area contributed by atoms with Crippen LogP contribution in [0.15, 0.2) is 24.3 Å². The molecule has 23 heavy (non-hydrogen) atoms. The van der Waals surface area contributed by atoms with E-state index < -0.39 is 5.41 Å². The minimum Gasteiger partial charge on any atom is -0.367 e. The Morgan fingerprint density at radius 3 is 2.30 bits per heavy atom. The summed E-state index contributed by atoms with van der Waals surface area (Å²) < 4.78 is 13.8. The van der Waals surface area contributed by atoms with Crippen LogP contribution in [-0.2, 0) is 9.59 Å². The van der Waals surface area contributed by atoms with Crippen LogP contribution in [-0.4, -0.2) is 54.5 Å². The molecule has 2 fully saturated rings. The predicted molar refractivity (Wildman–Crippen MR) is 85.3 cm³/mol. The zero-order valence-corrected chi connectivity index (χ0v) is 13.6. The lowest BCUT2D eigenvalue weighted by atomic mass is 9.92. The number of nitrogens with zero attached hydrogens (tertiary/aromatic N) is 3. The molecule has 0 bridgehead atoms. The summed E-state index contributed by atoms with van der Waals surface area (Å²) in [4.78, 5) is 29.7. The van der Waals surface area contributed by atoms with Gasteiger partial charge in [-0.2, -0.15) is 0 Å². The number of piperazine rings is 1. The van der Waals surface area contributed by atoms with Gasteiger partial charge in [-0.25, -0.2) is 4.39 Å². The summed E-state index contributed by atoms with van der Waals surface area (Å²) in [5.74, 6) is -0.414. The van der Waals surface area contributed by atoms with Crippen molar-refractivity contribution in [2.45, 2.75) is 20.3 Å². The Kier molecular flexibility index (Phi) is 4.10. The number of benzene rings is 1. The second kappa shape index (κ2) is 5.92. The van der Waals surface area contributed by atoms with Crippen molar-refractivity contribution in [3.8, 4) is 0 Å². The van der Waals surface area contributed by atoms with Gasteiger partial charge < -0.3 is 4.90 Å². The van der Waals surface area contributed by atoms with Crippen molar-refractivity contribution in [3.05, 3.63) is 30.1 Å². The molecule has 2 heterocycles. The fourth-order valence-electron chi connectivity index (χ4n) is 3.21. The molecular weight excluding hydrogens is 297 g/mol. The van der Waals surface area contributed by atoms with Crippen molar-refractivity contribution in [1.82, 2.24) is 9.80 Å². The number of hydrogen-bond acceptors (Lipinski definition) is 4. The van der Waals surface area contributed by atoms with E-state index in [0.29, 0.717) is 38.5 Å². The first-order valence-electron chi connectivity index (χ1n) is 7.95. The van der Waals surface area contributed by atoms with Crippen molar-refractivity contribution in [2.75, 3.05) is 37.7 Å². The summed E-state index contributed by atoms with van der Waals surface area (Å²) in [5, 5.41) is 0. The number of carbonyl (C=O) groups excluding carboxylic acids is 2. The molecule has 2 saturated heterocycles. The molecule has 124 valence electrons. The van der Waals surface area contributed by atoms with Gasteiger partial charge in [0.1, 0.15) is 5.82 Å². The summed E-state index contributed by atoms with van der Waals surface area (Å²) in [6, 6.07) is 6.75. The Bertz CT molecular complexity index is 624. The third-order valence-corrected chi connectivity index (χ3v) is 4.63. The van der Waals surface area contributed by atoms with E-state index in [1.807, 2.05) is 24.8 Å². The topological polar surface area (TPSA) is 43.9 Å². The molecule has 0 aliphatic carbocycles. The highest BCUT2D eigenvalue weighted by Crippen LogP contribution is 2.31. The number of carbonyl (C=O) groups is 2. The number of imide groups is 1. The Hall–Kier alpha value is -1.95. The number of halogens is 1. The molecule has 0 radical (unpaired) electrons. The van der Waals surface area contributed by atoms with Crippen LogP contribution >= 0.6 is 0 Å². The molecule has 5 nitrogen and oxygen atoms in total. The summed E-state index contributed by atoms with van der Waals surface area (Å²) in [6.45, 7) is 6.72. The average molecular weight is 319 g/mol. The van der Waals surface area contributed by atoms with Crippen molar-refractivity contribution in [3.63, 3.8) is 0 Å². The Morgan fingerprint density at radius 2 is 1.74 bits per heavy atom. The molecule has 1 aromatic rings. The van der Waals surface area contributed by atoms with E-state index in [1.165, 1.54) is 11.0 Å². The van der Waals surface area contributed by atoms with Crippen LogP contribution in [0.25, 0.3) is 0 Å². The first-order chi connectivity index (χ1) is 10.9. The van der Waals surface area contributed by atoms with E-state index in [-0.39, 0.29) is 24.1 Å². The van der Waals surface area contributed by atoms with Gasteiger partial charge >= 0.3 is 0 Å². The number of amides is 2. The molecule has 0 N–H and O–H groups in total. The van der Waals surface area contributed by atoms with Crippen molar-refractivity contribution < 1.29 is 14.0 Å². The molecule has 6 heteroatoms. The van der Waals surface area contributed by atoms with Crippen LogP contribution in [0.3, 0.4) is 0 Å². The summed E-state index contributed by atoms with van der Waals surface area (Å²) in [7, 11) is 0. The maximum atomic E-state index is 13.8. The maximum Gasteiger partial charge on any atom is 0.236 e. The largest absolute Gasteiger partial charge is 0.367 e. The fourth-order valence-corrected chi connectivity index (χ4v) is 3.21. The van der Waals surface area contributed by atoms with E-state index in [4.69, 9.17) is 0 Å². The molecule has 0 saturated carbocycles. The van der Waals surface area contributed by atoms with E-state index in [0.717, 1.165) is 0 Å². The Morgan fingerprint density at radius 1 is 1.09 bits per heavy atom. The van der Waals surface area contributed by atoms with Crippen LogP contribution in [0.4, 0.5) is 10.1 Å². The normalized spacial score (nSPS) is 22.0. The lowest BCUT2D eigenvalue weighted by Crippen LogP contribution is -2.51. The standard InChI is InChI=1S/C17H22FN3O2/c1-17(2)11-15(22)21(16(17)23)12-19-7-9-20(10-8-19)14-6-4-3-5-13(14)18/h3-6H,7-12H2,1-2H3. The third kappa shape index (κ3) is 3.08. The van der Waals surface area contributed by atoms with Gasteiger partial charge in [0.05, 0.1) is 17.8 Å².